The lowest BCUT2D eigenvalue weighted by Gasteiger charge is -2.14. The van der Waals surface area contributed by atoms with Gasteiger partial charge >= 0.3 is 0 Å². The summed E-state index contributed by atoms with van der Waals surface area (Å²) in [6.07, 6.45) is 0. The van der Waals surface area contributed by atoms with Gasteiger partial charge in [-0.15, -0.1) is 0 Å². The minimum absolute atomic E-state index is 0.0490. The normalized spacial score (nSPS) is 10.1. The molecule has 0 unspecified atom stereocenters. The van der Waals surface area contributed by atoms with Crippen molar-refractivity contribution in [2.45, 2.75) is 0 Å². The molecule has 2 amide bonds. The molecule has 0 bridgehead atoms. The third-order valence-electron chi connectivity index (χ3n) is 3.37. The highest BCUT2D eigenvalue weighted by atomic mass is 127. The standard InChI is InChI=1S/C18H17BrIN3O4S/c1-26-8-9-27-15-7-6-11(19)10-13(15)16(24)21-18(28)23-22-17(25)12-4-2-3-5-14(12)20/h2-7,10H,8-9H2,1H3,(H,22,25)(H2,21,23,24,28). The molecule has 2 aromatic carbocycles. The molecule has 0 aliphatic carbocycles. The van der Waals surface area contributed by atoms with Crippen LogP contribution in [-0.2, 0) is 4.74 Å². The first-order valence-electron chi connectivity index (χ1n) is 8.00. The summed E-state index contributed by atoms with van der Waals surface area (Å²) < 4.78 is 12.0. The van der Waals surface area contributed by atoms with Gasteiger partial charge in [-0.2, -0.15) is 0 Å². The summed E-state index contributed by atoms with van der Waals surface area (Å²) in [5.41, 5.74) is 5.76. The largest absolute Gasteiger partial charge is 0.490 e. The number of carbonyl (C=O) groups excluding carboxylic acids is 2. The van der Waals surface area contributed by atoms with E-state index in [0.29, 0.717) is 34.6 Å². The first-order valence-corrected chi connectivity index (χ1v) is 10.3. The molecule has 0 spiro atoms. The number of ether oxygens (including phenoxy) is 2. The first-order chi connectivity index (χ1) is 13.4. The Bertz CT molecular complexity index is 882. The van der Waals surface area contributed by atoms with Crippen molar-refractivity contribution in [2.75, 3.05) is 20.3 Å². The van der Waals surface area contributed by atoms with Crippen molar-refractivity contribution < 1.29 is 19.1 Å². The molecule has 148 valence electrons. The molecule has 0 aliphatic heterocycles. The van der Waals surface area contributed by atoms with Crippen molar-refractivity contribution >= 4 is 67.7 Å². The number of rotatable bonds is 6. The van der Waals surface area contributed by atoms with Crippen LogP contribution in [0.3, 0.4) is 0 Å². The number of halogens is 2. The number of hydrazine groups is 1. The second-order valence-corrected chi connectivity index (χ2v) is 7.81. The Labute approximate surface area is 189 Å². The zero-order valence-electron chi connectivity index (χ0n) is 14.8. The fourth-order valence-corrected chi connectivity index (χ4v) is 3.21. The van der Waals surface area contributed by atoms with Crippen LogP contribution in [0.25, 0.3) is 0 Å². The second kappa shape index (κ2) is 11.3. The maximum absolute atomic E-state index is 12.5. The number of amides is 2. The average molecular weight is 578 g/mol. The van der Waals surface area contributed by atoms with Gasteiger partial charge in [0.2, 0.25) is 0 Å². The second-order valence-electron chi connectivity index (χ2n) is 5.32. The van der Waals surface area contributed by atoms with Crippen molar-refractivity contribution in [1.82, 2.24) is 16.2 Å². The molecule has 2 aromatic rings. The van der Waals surface area contributed by atoms with Crippen LogP contribution >= 0.6 is 50.7 Å². The number of carbonyl (C=O) groups is 2. The lowest BCUT2D eigenvalue weighted by atomic mass is 10.2. The van der Waals surface area contributed by atoms with Gasteiger partial charge in [0.1, 0.15) is 12.4 Å². The third-order valence-corrected chi connectivity index (χ3v) is 5.00. The van der Waals surface area contributed by atoms with Crippen LogP contribution in [0.4, 0.5) is 0 Å². The van der Waals surface area contributed by atoms with Gasteiger partial charge in [0.05, 0.1) is 17.7 Å². The molecule has 3 N–H and O–H groups in total. The van der Waals surface area contributed by atoms with E-state index >= 15 is 0 Å². The molecule has 0 atom stereocenters. The van der Waals surface area contributed by atoms with E-state index < -0.39 is 5.91 Å². The zero-order valence-corrected chi connectivity index (χ0v) is 19.3. The SMILES string of the molecule is COCCOc1ccc(Br)cc1C(=O)NC(=S)NNC(=O)c1ccccc1I. The van der Waals surface area contributed by atoms with Gasteiger partial charge in [-0.1, -0.05) is 28.1 Å². The van der Waals surface area contributed by atoms with Crippen LogP contribution in [0.1, 0.15) is 20.7 Å². The summed E-state index contributed by atoms with van der Waals surface area (Å²) in [4.78, 5) is 24.7. The molecular weight excluding hydrogens is 561 g/mol. The predicted octanol–water partition coefficient (Wildman–Crippen LogP) is 3.03. The topological polar surface area (TPSA) is 88.7 Å². The highest BCUT2D eigenvalue weighted by Gasteiger charge is 2.16. The van der Waals surface area contributed by atoms with E-state index in [0.717, 1.165) is 3.57 Å². The van der Waals surface area contributed by atoms with Gasteiger partial charge in [-0.3, -0.25) is 25.8 Å². The molecule has 0 saturated heterocycles. The molecule has 0 radical (unpaired) electrons. The number of methoxy groups -OCH3 is 1. The van der Waals surface area contributed by atoms with E-state index in [-0.39, 0.29) is 11.0 Å². The average Bonchev–Trinajstić information content (AvgIpc) is 2.67. The first kappa shape index (κ1) is 22.5. The van der Waals surface area contributed by atoms with Gasteiger partial charge in [0.25, 0.3) is 11.8 Å². The smallest absolute Gasteiger partial charge is 0.270 e. The molecule has 7 nitrogen and oxygen atoms in total. The molecule has 0 aromatic heterocycles. The number of benzene rings is 2. The van der Waals surface area contributed by atoms with Gasteiger partial charge in [-0.05, 0) is 65.1 Å². The molecule has 28 heavy (non-hydrogen) atoms. The summed E-state index contributed by atoms with van der Waals surface area (Å²) in [5.74, 6) is -0.453. The van der Waals surface area contributed by atoms with E-state index in [1.165, 1.54) is 0 Å². The van der Waals surface area contributed by atoms with Crippen molar-refractivity contribution in [3.8, 4) is 5.75 Å². The minimum Gasteiger partial charge on any atom is -0.490 e. The Morgan fingerprint density at radius 3 is 2.54 bits per heavy atom. The lowest BCUT2D eigenvalue weighted by Crippen LogP contribution is -2.48. The van der Waals surface area contributed by atoms with Crippen LogP contribution in [0.15, 0.2) is 46.9 Å². The number of nitrogens with one attached hydrogen (secondary N) is 3. The van der Waals surface area contributed by atoms with Crippen LogP contribution in [0.5, 0.6) is 5.75 Å². The Hall–Kier alpha value is -1.76. The van der Waals surface area contributed by atoms with Crippen molar-refractivity contribution in [1.29, 1.82) is 0 Å². The minimum atomic E-state index is -0.477. The Balaban J connectivity index is 1.96. The monoisotopic (exact) mass is 577 g/mol. The molecule has 2 rings (SSSR count). The van der Waals surface area contributed by atoms with Crippen molar-refractivity contribution in [2.24, 2.45) is 0 Å². The van der Waals surface area contributed by atoms with Gasteiger partial charge in [0, 0.05) is 15.2 Å². The Morgan fingerprint density at radius 2 is 1.82 bits per heavy atom. The summed E-state index contributed by atoms with van der Waals surface area (Å²) >= 11 is 10.5. The molecule has 10 heteroatoms. The summed E-state index contributed by atoms with van der Waals surface area (Å²) in [6.45, 7) is 0.689. The van der Waals surface area contributed by atoms with E-state index in [4.69, 9.17) is 21.7 Å². The summed E-state index contributed by atoms with van der Waals surface area (Å²) in [7, 11) is 1.56. The number of hydrogen-bond donors (Lipinski definition) is 3. The van der Waals surface area contributed by atoms with Crippen LogP contribution < -0.4 is 20.9 Å². The fourth-order valence-electron chi connectivity index (χ4n) is 2.07. The third kappa shape index (κ3) is 6.69. The molecular formula is C18H17BrIN3O4S. The molecule has 0 fully saturated rings. The lowest BCUT2D eigenvalue weighted by molar-refractivity contribution is 0.0932. The van der Waals surface area contributed by atoms with Crippen LogP contribution in [0, 0.1) is 3.57 Å². The Morgan fingerprint density at radius 1 is 1.07 bits per heavy atom. The van der Waals surface area contributed by atoms with E-state index in [1.54, 1.807) is 37.4 Å². The van der Waals surface area contributed by atoms with E-state index in [9.17, 15) is 9.59 Å². The van der Waals surface area contributed by atoms with E-state index in [1.807, 2.05) is 12.1 Å². The fraction of sp³-hybridized carbons (Fsp3) is 0.167. The highest BCUT2D eigenvalue weighted by molar-refractivity contribution is 14.1. The quantitative estimate of drug-likeness (QED) is 0.212. The van der Waals surface area contributed by atoms with Gasteiger partial charge in [0.15, 0.2) is 5.11 Å². The number of hydrogen-bond acceptors (Lipinski definition) is 5. The summed E-state index contributed by atoms with van der Waals surface area (Å²) in [6, 6.07) is 12.1. The predicted molar refractivity (Wildman–Crippen MR) is 121 cm³/mol. The number of thiocarbonyl (C=S) groups is 1. The Kier molecular flexibility index (Phi) is 9.09. The van der Waals surface area contributed by atoms with Crippen molar-refractivity contribution in [3.63, 3.8) is 0 Å². The van der Waals surface area contributed by atoms with Gasteiger partial charge < -0.3 is 9.47 Å². The maximum atomic E-state index is 12.5. The van der Waals surface area contributed by atoms with Crippen LogP contribution in [-0.4, -0.2) is 37.3 Å². The van der Waals surface area contributed by atoms with Gasteiger partial charge in [-0.25, -0.2) is 0 Å². The van der Waals surface area contributed by atoms with Crippen molar-refractivity contribution in [3.05, 3.63) is 61.6 Å². The highest BCUT2D eigenvalue weighted by Crippen LogP contribution is 2.23. The molecule has 0 saturated carbocycles. The maximum Gasteiger partial charge on any atom is 0.270 e. The molecule has 0 aliphatic rings. The van der Waals surface area contributed by atoms with E-state index in [2.05, 4.69) is 54.7 Å². The molecule has 0 heterocycles. The van der Waals surface area contributed by atoms with Crippen LogP contribution in [0.2, 0.25) is 0 Å². The zero-order chi connectivity index (χ0) is 20.5. The summed E-state index contributed by atoms with van der Waals surface area (Å²) in [5, 5.41) is 2.46.